The van der Waals surface area contributed by atoms with E-state index in [4.69, 9.17) is 0 Å². The second-order valence-corrected chi connectivity index (χ2v) is 6.19. The lowest BCUT2D eigenvalue weighted by atomic mass is 10.0. The maximum atomic E-state index is 4.26. The van der Waals surface area contributed by atoms with Crippen LogP contribution in [0.2, 0.25) is 0 Å². The zero-order valence-corrected chi connectivity index (χ0v) is 13.0. The number of hydrogen-bond donors (Lipinski definition) is 1. The number of nitrogens with zero attached hydrogens (tertiary/aromatic N) is 2. The highest BCUT2D eigenvalue weighted by atomic mass is 15.4. The molecule has 3 nitrogen and oxygen atoms in total. The van der Waals surface area contributed by atoms with Crippen molar-refractivity contribution >= 4 is 11.8 Å². The first-order chi connectivity index (χ1) is 10.8. The van der Waals surface area contributed by atoms with Crippen LogP contribution in [-0.2, 0) is 0 Å². The van der Waals surface area contributed by atoms with Crippen LogP contribution in [0.4, 0.5) is 5.69 Å². The Morgan fingerprint density at radius 3 is 2.95 bits per heavy atom. The summed E-state index contributed by atoms with van der Waals surface area (Å²) in [4.78, 5) is 4.26. The number of aromatic nitrogens is 1. The van der Waals surface area contributed by atoms with Gasteiger partial charge in [-0.05, 0) is 31.0 Å². The normalized spacial score (nSPS) is 26.3. The molecule has 2 unspecified atom stereocenters. The molecule has 3 heterocycles. The van der Waals surface area contributed by atoms with Gasteiger partial charge in [-0.25, -0.2) is 4.48 Å². The number of rotatable bonds is 3. The Bertz CT molecular complexity index is 702. The van der Waals surface area contributed by atoms with Crippen molar-refractivity contribution < 1.29 is 0 Å². The molecule has 1 saturated heterocycles. The summed E-state index contributed by atoms with van der Waals surface area (Å²) in [5.74, 6) is 0. The molecule has 0 bridgehead atoms. The number of fused-ring (bicyclic) bond motifs is 1. The minimum absolute atomic E-state index is 0.506. The molecule has 2 atom stereocenters. The number of pyridine rings is 1. The number of quaternary nitrogens is 1. The Morgan fingerprint density at radius 2 is 2.23 bits per heavy atom. The fourth-order valence-electron chi connectivity index (χ4n) is 3.88. The molecular weight excluding hydrogens is 270 g/mol. The van der Waals surface area contributed by atoms with Gasteiger partial charge in [-0.15, -0.1) is 0 Å². The largest absolute Gasteiger partial charge is 0.267 e. The molecule has 1 N–H and O–H groups in total. The van der Waals surface area contributed by atoms with Gasteiger partial charge in [-0.1, -0.05) is 12.1 Å². The second-order valence-electron chi connectivity index (χ2n) is 6.19. The lowest BCUT2D eigenvalue weighted by Crippen LogP contribution is -2.55. The molecule has 0 radical (unpaired) electrons. The molecule has 0 aliphatic carbocycles. The van der Waals surface area contributed by atoms with E-state index in [1.807, 2.05) is 18.5 Å². The molecule has 3 heteroatoms. The van der Waals surface area contributed by atoms with E-state index in [2.05, 4.69) is 53.8 Å². The van der Waals surface area contributed by atoms with Crippen molar-refractivity contribution in [3.63, 3.8) is 0 Å². The molecule has 1 fully saturated rings. The standard InChI is InChI=1S/C19H22N3/c1-2-22(19-6-4-11-21-19)12-9-15-7-8-16(13-18(15)22)17-5-3-10-20-14-17/h3,5,7-10,12-14,19,21H,2,4,6,11H2,1H3/q+1. The Hall–Kier alpha value is -1.97. The van der Waals surface area contributed by atoms with Crippen molar-refractivity contribution in [3.8, 4) is 11.1 Å². The van der Waals surface area contributed by atoms with E-state index < -0.39 is 0 Å². The van der Waals surface area contributed by atoms with E-state index in [9.17, 15) is 0 Å². The Morgan fingerprint density at radius 1 is 1.27 bits per heavy atom. The Kier molecular flexibility index (Phi) is 3.32. The van der Waals surface area contributed by atoms with Gasteiger partial charge in [0, 0.05) is 48.6 Å². The summed E-state index contributed by atoms with van der Waals surface area (Å²) >= 11 is 0. The highest BCUT2D eigenvalue weighted by molar-refractivity contribution is 5.79. The molecule has 0 spiro atoms. The summed E-state index contributed by atoms with van der Waals surface area (Å²) in [7, 11) is 0. The third kappa shape index (κ3) is 2.01. The minimum atomic E-state index is 0.506. The van der Waals surface area contributed by atoms with Gasteiger partial charge in [0.15, 0.2) is 6.17 Å². The zero-order chi connectivity index (χ0) is 15.0. The number of hydrogen-bond acceptors (Lipinski definition) is 2. The topological polar surface area (TPSA) is 24.9 Å². The first-order valence-corrected chi connectivity index (χ1v) is 8.18. The maximum Gasteiger partial charge on any atom is 0.151 e. The molecule has 22 heavy (non-hydrogen) atoms. The number of benzene rings is 1. The first-order valence-electron chi connectivity index (χ1n) is 8.18. The first kappa shape index (κ1) is 13.7. The van der Waals surface area contributed by atoms with Gasteiger partial charge < -0.3 is 0 Å². The van der Waals surface area contributed by atoms with Gasteiger partial charge in [-0.3, -0.25) is 10.3 Å². The minimum Gasteiger partial charge on any atom is -0.267 e. The van der Waals surface area contributed by atoms with E-state index in [0.29, 0.717) is 6.17 Å². The molecular formula is C19H22N3+. The fraction of sp³-hybridized carbons (Fsp3) is 0.316. The lowest BCUT2D eigenvalue weighted by Gasteiger charge is -2.37. The fourth-order valence-corrected chi connectivity index (χ4v) is 3.88. The van der Waals surface area contributed by atoms with E-state index >= 15 is 0 Å². The zero-order valence-electron chi connectivity index (χ0n) is 13.0. The third-order valence-electron chi connectivity index (χ3n) is 5.11. The number of nitrogens with one attached hydrogen (secondary N) is 1. The van der Waals surface area contributed by atoms with Crippen LogP contribution in [0.25, 0.3) is 17.2 Å². The van der Waals surface area contributed by atoms with Gasteiger partial charge in [-0.2, -0.15) is 0 Å². The van der Waals surface area contributed by atoms with Crippen LogP contribution in [0.15, 0.2) is 48.9 Å². The Labute approximate surface area is 131 Å². The molecule has 2 aromatic rings. The van der Waals surface area contributed by atoms with Crippen molar-refractivity contribution in [2.45, 2.75) is 25.9 Å². The molecule has 112 valence electrons. The highest BCUT2D eigenvalue weighted by Crippen LogP contribution is 2.41. The van der Waals surface area contributed by atoms with E-state index in [0.717, 1.165) is 17.6 Å². The molecule has 0 amide bonds. The molecule has 1 aromatic carbocycles. The quantitative estimate of drug-likeness (QED) is 0.871. The second kappa shape index (κ2) is 5.34. The van der Waals surface area contributed by atoms with E-state index in [-0.39, 0.29) is 0 Å². The third-order valence-corrected chi connectivity index (χ3v) is 5.11. The van der Waals surface area contributed by atoms with Crippen LogP contribution in [0, 0.1) is 0 Å². The van der Waals surface area contributed by atoms with Crippen molar-refractivity contribution in [1.82, 2.24) is 14.8 Å². The van der Waals surface area contributed by atoms with Crippen molar-refractivity contribution in [1.29, 1.82) is 0 Å². The van der Waals surface area contributed by atoms with Crippen LogP contribution < -0.4 is 9.80 Å². The predicted octanol–water partition coefficient (Wildman–Crippen LogP) is 3.77. The van der Waals surface area contributed by atoms with Crippen molar-refractivity contribution in [3.05, 3.63) is 54.5 Å². The van der Waals surface area contributed by atoms with Gasteiger partial charge in [0.25, 0.3) is 0 Å². The summed E-state index contributed by atoms with van der Waals surface area (Å²) in [5, 5.41) is 3.70. The summed E-state index contributed by atoms with van der Waals surface area (Å²) in [6, 6.07) is 10.9. The average Bonchev–Trinajstić information content (AvgIpc) is 3.23. The molecule has 2 aliphatic heterocycles. The lowest BCUT2D eigenvalue weighted by molar-refractivity contribution is 0.272. The highest BCUT2D eigenvalue weighted by Gasteiger charge is 2.42. The van der Waals surface area contributed by atoms with Crippen LogP contribution in [0.3, 0.4) is 0 Å². The predicted molar refractivity (Wildman–Crippen MR) is 92.1 cm³/mol. The van der Waals surface area contributed by atoms with Crippen LogP contribution >= 0.6 is 0 Å². The van der Waals surface area contributed by atoms with Gasteiger partial charge >= 0.3 is 0 Å². The monoisotopic (exact) mass is 292 g/mol. The SMILES string of the molecule is CC[N+]1(C2CCCN2)C=Cc2ccc(-c3cccnc3)cc21. The smallest absolute Gasteiger partial charge is 0.151 e. The summed E-state index contributed by atoms with van der Waals surface area (Å²) in [6.45, 7) is 4.50. The summed E-state index contributed by atoms with van der Waals surface area (Å²) in [5.41, 5.74) is 5.21. The van der Waals surface area contributed by atoms with E-state index in [1.165, 1.54) is 35.2 Å². The molecule has 0 saturated carbocycles. The van der Waals surface area contributed by atoms with Crippen molar-refractivity contribution in [2.75, 3.05) is 13.1 Å². The van der Waals surface area contributed by atoms with Gasteiger partial charge in [0.1, 0.15) is 11.9 Å². The van der Waals surface area contributed by atoms with Crippen LogP contribution in [0.1, 0.15) is 25.3 Å². The van der Waals surface area contributed by atoms with Gasteiger partial charge in [0.05, 0.1) is 6.54 Å². The maximum absolute atomic E-state index is 4.26. The molecule has 1 aromatic heterocycles. The van der Waals surface area contributed by atoms with Gasteiger partial charge in [0.2, 0.25) is 0 Å². The van der Waals surface area contributed by atoms with Crippen molar-refractivity contribution in [2.24, 2.45) is 0 Å². The molecule has 4 rings (SSSR count). The van der Waals surface area contributed by atoms with Crippen LogP contribution in [-0.4, -0.2) is 24.2 Å². The summed E-state index contributed by atoms with van der Waals surface area (Å²) < 4.78 is 0.934. The average molecular weight is 292 g/mol. The molecule has 2 aliphatic rings. The van der Waals surface area contributed by atoms with Crippen LogP contribution in [0.5, 0.6) is 0 Å². The summed E-state index contributed by atoms with van der Waals surface area (Å²) in [6.07, 6.45) is 11.5. The Balaban J connectivity index is 1.81. The van der Waals surface area contributed by atoms with E-state index in [1.54, 1.807) is 0 Å².